The Morgan fingerprint density at radius 3 is 1.75 bits per heavy atom. The Hall–Kier alpha value is -0.0800. The van der Waals surface area contributed by atoms with Crippen LogP contribution in [0, 0.1) is 5.41 Å². The predicted molar refractivity (Wildman–Crippen MR) is 76.1 cm³/mol. The average Bonchev–Trinajstić information content (AvgIpc) is 2.67. The van der Waals surface area contributed by atoms with Crippen molar-refractivity contribution >= 4 is 0 Å². The first-order valence-electron chi connectivity index (χ1n) is 6.84. The van der Waals surface area contributed by atoms with Crippen molar-refractivity contribution in [1.29, 1.82) is 0 Å². The molecule has 1 atom stereocenters. The molecule has 0 aromatic carbocycles. The van der Waals surface area contributed by atoms with Crippen LogP contribution in [0.25, 0.3) is 0 Å². The van der Waals surface area contributed by atoms with Gasteiger partial charge in [0.1, 0.15) is 0 Å². The molecule has 1 rings (SSSR count). The second-order valence-electron chi connectivity index (χ2n) is 3.73. The summed E-state index contributed by atoms with van der Waals surface area (Å²) in [5, 5.41) is 0. The van der Waals surface area contributed by atoms with Crippen LogP contribution >= 0.6 is 0 Å². The zero-order valence-corrected chi connectivity index (χ0v) is 13.2. The standard InChI is InChI=1S/C8H17NO.3C2H6/c1-8(7-10-3)4-5-9(2)6-8;3*1-2/h4-7H2,1-3H3;3*1-2H3. The molecule has 0 bridgehead atoms. The number of ether oxygens (including phenoxy) is 1. The Kier molecular flexibility index (Phi) is 19.8. The summed E-state index contributed by atoms with van der Waals surface area (Å²) in [7, 11) is 3.95. The van der Waals surface area contributed by atoms with Crippen molar-refractivity contribution in [1.82, 2.24) is 4.90 Å². The van der Waals surface area contributed by atoms with Crippen LogP contribution in [0.4, 0.5) is 0 Å². The van der Waals surface area contributed by atoms with E-state index in [2.05, 4.69) is 18.9 Å². The van der Waals surface area contributed by atoms with Crippen LogP contribution in [-0.4, -0.2) is 38.8 Å². The van der Waals surface area contributed by atoms with E-state index >= 15 is 0 Å². The summed E-state index contributed by atoms with van der Waals surface area (Å²) in [5.74, 6) is 0. The zero-order valence-electron chi connectivity index (χ0n) is 13.2. The summed E-state index contributed by atoms with van der Waals surface area (Å²) >= 11 is 0. The van der Waals surface area contributed by atoms with Gasteiger partial charge in [-0.1, -0.05) is 48.5 Å². The van der Waals surface area contributed by atoms with Gasteiger partial charge in [-0.2, -0.15) is 0 Å². The maximum absolute atomic E-state index is 5.15. The van der Waals surface area contributed by atoms with E-state index in [1.807, 2.05) is 41.5 Å². The smallest absolute Gasteiger partial charge is 0.0528 e. The molecule has 1 aliphatic heterocycles. The van der Waals surface area contributed by atoms with Gasteiger partial charge in [-0.15, -0.1) is 0 Å². The van der Waals surface area contributed by atoms with Gasteiger partial charge in [0, 0.05) is 19.1 Å². The first kappa shape index (κ1) is 21.2. The Labute approximate surface area is 104 Å². The lowest BCUT2D eigenvalue weighted by Gasteiger charge is -2.21. The first-order chi connectivity index (χ1) is 7.66. The predicted octanol–water partition coefficient (Wildman–Crippen LogP) is 4.05. The summed E-state index contributed by atoms with van der Waals surface area (Å²) < 4.78 is 5.15. The lowest BCUT2D eigenvalue weighted by atomic mass is 9.91. The molecule has 1 fully saturated rings. The second-order valence-corrected chi connectivity index (χ2v) is 3.73. The monoisotopic (exact) mass is 233 g/mol. The number of nitrogens with zero attached hydrogens (tertiary/aromatic N) is 1. The van der Waals surface area contributed by atoms with Gasteiger partial charge in [0.2, 0.25) is 0 Å². The molecule has 1 aliphatic rings. The minimum Gasteiger partial charge on any atom is -0.384 e. The van der Waals surface area contributed by atoms with Crippen molar-refractivity contribution in [2.24, 2.45) is 5.41 Å². The van der Waals surface area contributed by atoms with E-state index in [4.69, 9.17) is 4.74 Å². The maximum Gasteiger partial charge on any atom is 0.0528 e. The summed E-state index contributed by atoms with van der Waals surface area (Å²) in [4.78, 5) is 2.36. The molecule has 0 saturated carbocycles. The van der Waals surface area contributed by atoms with Crippen molar-refractivity contribution in [3.05, 3.63) is 0 Å². The third-order valence-electron chi connectivity index (χ3n) is 2.24. The number of hydrogen-bond acceptors (Lipinski definition) is 2. The minimum atomic E-state index is 0.420. The van der Waals surface area contributed by atoms with Crippen LogP contribution in [0.5, 0.6) is 0 Å². The Balaban J connectivity index is -0.000000245. The van der Waals surface area contributed by atoms with Crippen molar-refractivity contribution in [3.8, 4) is 0 Å². The maximum atomic E-state index is 5.15. The quantitative estimate of drug-likeness (QED) is 0.713. The van der Waals surface area contributed by atoms with Gasteiger partial charge in [-0.25, -0.2) is 0 Å². The second kappa shape index (κ2) is 14.9. The number of likely N-dealkylation sites (tertiary alicyclic amines) is 1. The molecule has 2 nitrogen and oxygen atoms in total. The van der Waals surface area contributed by atoms with E-state index in [1.54, 1.807) is 7.11 Å². The molecular weight excluding hydrogens is 198 g/mol. The van der Waals surface area contributed by atoms with Crippen LogP contribution in [-0.2, 0) is 4.74 Å². The van der Waals surface area contributed by atoms with Crippen molar-refractivity contribution < 1.29 is 4.74 Å². The average molecular weight is 233 g/mol. The first-order valence-corrected chi connectivity index (χ1v) is 6.84. The normalized spacial score (nSPS) is 23.1. The summed E-state index contributed by atoms with van der Waals surface area (Å²) in [6, 6.07) is 0. The highest BCUT2D eigenvalue weighted by molar-refractivity contribution is 4.84. The van der Waals surface area contributed by atoms with E-state index in [1.165, 1.54) is 19.5 Å². The molecule has 0 radical (unpaired) electrons. The molecule has 0 amide bonds. The van der Waals surface area contributed by atoms with Gasteiger partial charge in [0.25, 0.3) is 0 Å². The topological polar surface area (TPSA) is 12.5 Å². The molecule has 0 aliphatic carbocycles. The van der Waals surface area contributed by atoms with Crippen molar-refractivity contribution in [3.63, 3.8) is 0 Å². The highest BCUT2D eigenvalue weighted by Gasteiger charge is 2.31. The number of rotatable bonds is 2. The molecule has 0 aromatic rings. The summed E-state index contributed by atoms with van der Waals surface area (Å²) in [6.45, 7) is 17.6. The highest BCUT2D eigenvalue weighted by atomic mass is 16.5. The SMILES string of the molecule is CC.CC.CC.COCC1(C)CCN(C)C1. The van der Waals surface area contributed by atoms with Crippen LogP contribution in [0.1, 0.15) is 54.9 Å². The Morgan fingerprint density at radius 1 is 1.06 bits per heavy atom. The lowest BCUT2D eigenvalue weighted by Crippen LogP contribution is -2.26. The van der Waals surface area contributed by atoms with Gasteiger partial charge in [-0.05, 0) is 20.0 Å². The zero-order chi connectivity index (χ0) is 13.6. The fourth-order valence-corrected chi connectivity index (χ4v) is 1.74. The van der Waals surface area contributed by atoms with Crippen molar-refractivity contribution in [2.45, 2.75) is 54.9 Å². The van der Waals surface area contributed by atoms with Gasteiger partial charge >= 0.3 is 0 Å². The fraction of sp³-hybridized carbons (Fsp3) is 1.00. The van der Waals surface area contributed by atoms with Crippen LogP contribution < -0.4 is 0 Å². The van der Waals surface area contributed by atoms with Gasteiger partial charge < -0.3 is 9.64 Å². The van der Waals surface area contributed by atoms with E-state index < -0.39 is 0 Å². The van der Waals surface area contributed by atoms with Gasteiger partial charge in [0.05, 0.1) is 6.61 Å². The number of methoxy groups -OCH3 is 1. The summed E-state index contributed by atoms with van der Waals surface area (Å²) in [6.07, 6.45) is 1.28. The molecule has 1 saturated heterocycles. The largest absolute Gasteiger partial charge is 0.384 e. The molecule has 16 heavy (non-hydrogen) atoms. The van der Waals surface area contributed by atoms with E-state index in [0.29, 0.717) is 5.41 Å². The minimum absolute atomic E-state index is 0.420. The molecule has 0 aromatic heterocycles. The van der Waals surface area contributed by atoms with Gasteiger partial charge in [0.15, 0.2) is 0 Å². The van der Waals surface area contributed by atoms with E-state index in [9.17, 15) is 0 Å². The number of hydrogen-bond donors (Lipinski definition) is 0. The van der Waals surface area contributed by atoms with Crippen LogP contribution in [0.3, 0.4) is 0 Å². The summed E-state index contributed by atoms with van der Waals surface area (Å²) in [5.41, 5.74) is 0.420. The third-order valence-corrected chi connectivity index (χ3v) is 2.24. The Morgan fingerprint density at radius 2 is 1.50 bits per heavy atom. The molecule has 102 valence electrons. The molecule has 1 heterocycles. The molecule has 0 N–H and O–H groups in total. The highest BCUT2D eigenvalue weighted by Crippen LogP contribution is 2.28. The van der Waals surface area contributed by atoms with Gasteiger partial charge in [-0.3, -0.25) is 0 Å². The fourth-order valence-electron chi connectivity index (χ4n) is 1.74. The lowest BCUT2D eigenvalue weighted by molar-refractivity contribution is 0.0985. The van der Waals surface area contributed by atoms with E-state index in [0.717, 1.165) is 6.61 Å². The van der Waals surface area contributed by atoms with Crippen LogP contribution in [0.2, 0.25) is 0 Å². The molecule has 2 heteroatoms. The molecule has 1 unspecified atom stereocenters. The third kappa shape index (κ3) is 10.4. The molecular formula is C14H35NO. The van der Waals surface area contributed by atoms with E-state index in [-0.39, 0.29) is 0 Å². The molecule has 0 spiro atoms. The Bertz CT molecular complexity index is 113. The van der Waals surface area contributed by atoms with Crippen molar-refractivity contribution in [2.75, 3.05) is 33.9 Å². The van der Waals surface area contributed by atoms with Crippen LogP contribution in [0.15, 0.2) is 0 Å².